The number of aliphatic hydroxyl groups is 1. The maximum absolute atomic E-state index is 12.0. The average molecular weight is 410 g/mol. The lowest BCUT2D eigenvalue weighted by atomic mass is 10.0. The zero-order valence-electron chi connectivity index (χ0n) is 17.4. The zero-order chi connectivity index (χ0) is 20.8. The summed E-state index contributed by atoms with van der Waals surface area (Å²) in [6.07, 6.45) is 2.38. The molecule has 1 saturated heterocycles. The number of hydrogen-bond donors (Lipinski definition) is 2. The van der Waals surface area contributed by atoms with Gasteiger partial charge < -0.3 is 20.1 Å². The fraction of sp³-hybridized carbons (Fsp3) is 0.458. The molecule has 30 heavy (non-hydrogen) atoms. The number of carbonyl (C=O) groups is 1. The molecule has 6 heteroatoms. The number of rotatable bonds is 8. The highest BCUT2D eigenvalue weighted by Crippen LogP contribution is 2.27. The summed E-state index contributed by atoms with van der Waals surface area (Å²) in [4.78, 5) is 16.0. The third-order valence-electron chi connectivity index (χ3n) is 5.78. The van der Waals surface area contributed by atoms with Crippen LogP contribution < -0.4 is 10.1 Å². The van der Waals surface area contributed by atoms with Crippen LogP contribution in [0.1, 0.15) is 24.0 Å². The third kappa shape index (κ3) is 5.52. The maximum atomic E-state index is 12.0. The molecule has 0 radical (unpaired) electrons. The number of aryl methyl sites for hydroxylation is 1. The molecule has 1 fully saturated rings. The van der Waals surface area contributed by atoms with Crippen molar-refractivity contribution in [1.29, 1.82) is 0 Å². The summed E-state index contributed by atoms with van der Waals surface area (Å²) in [6.45, 7) is 3.75. The van der Waals surface area contributed by atoms with Gasteiger partial charge in [0.1, 0.15) is 11.9 Å². The van der Waals surface area contributed by atoms with Gasteiger partial charge in [0.05, 0.1) is 6.10 Å². The Bertz CT molecular complexity index is 829. The minimum absolute atomic E-state index is 0.0814. The second-order valence-corrected chi connectivity index (χ2v) is 8.25. The molecule has 2 atom stereocenters. The van der Waals surface area contributed by atoms with Gasteiger partial charge in [0, 0.05) is 39.3 Å². The van der Waals surface area contributed by atoms with Gasteiger partial charge >= 0.3 is 6.03 Å². The molecule has 2 amide bonds. The normalized spacial score (nSPS) is 19.7. The first-order valence-electron chi connectivity index (χ1n) is 10.9. The molecule has 6 nitrogen and oxygen atoms in total. The SMILES string of the molecule is O=C1NCCCN1CC(O)CN(Cc1ccccc1)CC1CCc2ccccc2O1. The van der Waals surface area contributed by atoms with Crippen molar-refractivity contribution >= 4 is 6.03 Å². The second-order valence-electron chi connectivity index (χ2n) is 8.25. The summed E-state index contributed by atoms with van der Waals surface area (Å²) in [5, 5.41) is 13.6. The summed E-state index contributed by atoms with van der Waals surface area (Å²) in [5.74, 6) is 0.971. The molecule has 0 aliphatic carbocycles. The first-order chi connectivity index (χ1) is 14.7. The van der Waals surface area contributed by atoms with E-state index in [4.69, 9.17) is 4.74 Å². The van der Waals surface area contributed by atoms with Crippen LogP contribution in [0.2, 0.25) is 0 Å². The third-order valence-corrected chi connectivity index (χ3v) is 5.78. The van der Waals surface area contributed by atoms with Crippen molar-refractivity contribution < 1.29 is 14.6 Å². The quantitative estimate of drug-likeness (QED) is 0.704. The molecule has 0 aromatic heterocycles. The van der Waals surface area contributed by atoms with E-state index in [0.717, 1.165) is 38.1 Å². The van der Waals surface area contributed by atoms with Gasteiger partial charge in [0.15, 0.2) is 0 Å². The number of β-amino-alcohol motifs (C(OH)–C–C–N with tert-alkyl or cyclic N) is 1. The van der Waals surface area contributed by atoms with Gasteiger partial charge in [-0.15, -0.1) is 0 Å². The molecular weight excluding hydrogens is 378 g/mol. The number of nitrogens with one attached hydrogen (secondary N) is 1. The number of aliphatic hydroxyl groups excluding tert-OH is 1. The number of carbonyl (C=O) groups excluding carboxylic acids is 1. The Morgan fingerprint density at radius 2 is 1.97 bits per heavy atom. The lowest BCUT2D eigenvalue weighted by Crippen LogP contribution is -2.51. The molecule has 2 aliphatic rings. The minimum Gasteiger partial charge on any atom is -0.489 e. The summed E-state index contributed by atoms with van der Waals surface area (Å²) in [6, 6.07) is 18.4. The highest BCUT2D eigenvalue weighted by atomic mass is 16.5. The molecular formula is C24H31N3O3. The predicted molar refractivity (Wildman–Crippen MR) is 116 cm³/mol. The summed E-state index contributed by atoms with van der Waals surface area (Å²) < 4.78 is 6.25. The van der Waals surface area contributed by atoms with Crippen molar-refractivity contribution in [3.05, 3.63) is 65.7 Å². The van der Waals surface area contributed by atoms with Crippen molar-refractivity contribution in [1.82, 2.24) is 15.1 Å². The highest BCUT2D eigenvalue weighted by molar-refractivity contribution is 5.74. The Morgan fingerprint density at radius 3 is 2.80 bits per heavy atom. The monoisotopic (exact) mass is 409 g/mol. The van der Waals surface area contributed by atoms with Gasteiger partial charge in [-0.3, -0.25) is 4.90 Å². The van der Waals surface area contributed by atoms with Crippen LogP contribution in [0, 0.1) is 0 Å². The topological polar surface area (TPSA) is 65.0 Å². The lowest BCUT2D eigenvalue weighted by molar-refractivity contribution is 0.0512. The van der Waals surface area contributed by atoms with Crippen LogP contribution in [-0.4, -0.2) is 65.9 Å². The van der Waals surface area contributed by atoms with Gasteiger partial charge in [0.25, 0.3) is 0 Å². The van der Waals surface area contributed by atoms with Gasteiger partial charge in [0.2, 0.25) is 0 Å². The summed E-state index contributed by atoms with van der Waals surface area (Å²) >= 11 is 0. The van der Waals surface area contributed by atoms with E-state index in [1.165, 1.54) is 11.1 Å². The van der Waals surface area contributed by atoms with E-state index in [1.54, 1.807) is 4.90 Å². The van der Waals surface area contributed by atoms with E-state index in [-0.39, 0.29) is 12.1 Å². The molecule has 2 heterocycles. The predicted octanol–water partition coefficient (Wildman–Crippen LogP) is 2.66. The Morgan fingerprint density at radius 1 is 1.17 bits per heavy atom. The van der Waals surface area contributed by atoms with Crippen molar-refractivity contribution in [2.45, 2.75) is 38.0 Å². The number of ether oxygens (including phenoxy) is 1. The smallest absolute Gasteiger partial charge is 0.317 e. The van der Waals surface area contributed by atoms with Crippen LogP contribution in [0.15, 0.2) is 54.6 Å². The fourth-order valence-electron chi connectivity index (χ4n) is 4.31. The molecule has 2 N–H and O–H groups in total. The van der Waals surface area contributed by atoms with Crippen molar-refractivity contribution in [3.63, 3.8) is 0 Å². The Kier molecular flexibility index (Phi) is 6.87. The Hall–Kier alpha value is -2.57. The van der Waals surface area contributed by atoms with E-state index in [0.29, 0.717) is 26.2 Å². The first-order valence-corrected chi connectivity index (χ1v) is 10.9. The number of fused-ring (bicyclic) bond motifs is 1. The number of benzene rings is 2. The van der Waals surface area contributed by atoms with Crippen LogP contribution >= 0.6 is 0 Å². The zero-order valence-corrected chi connectivity index (χ0v) is 17.4. The summed E-state index contributed by atoms with van der Waals surface area (Å²) in [7, 11) is 0. The van der Waals surface area contributed by atoms with Crippen molar-refractivity contribution in [2.24, 2.45) is 0 Å². The highest BCUT2D eigenvalue weighted by Gasteiger charge is 2.25. The Labute approximate surface area is 178 Å². The largest absolute Gasteiger partial charge is 0.489 e. The fourth-order valence-corrected chi connectivity index (χ4v) is 4.31. The average Bonchev–Trinajstić information content (AvgIpc) is 2.76. The van der Waals surface area contributed by atoms with Crippen molar-refractivity contribution in [3.8, 4) is 5.75 Å². The van der Waals surface area contributed by atoms with E-state index in [2.05, 4.69) is 34.5 Å². The number of para-hydroxylation sites is 1. The molecule has 2 aliphatic heterocycles. The van der Waals surface area contributed by atoms with Crippen LogP contribution in [0.3, 0.4) is 0 Å². The second kappa shape index (κ2) is 9.96. The van der Waals surface area contributed by atoms with E-state index < -0.39 is 6.10 Å². The number of urea groups is 1. The maximum Gasteiger partial charge on any atom is 0.317 e. The molecule has 160 valence electrons. The Balaban J connectivity index is 1.39. The molecule has 4 rings (SSSR count). The minimum atomic E-state index is -0.603. The first kappa shape index (κ1) is 20.7. The number of amides is 2. The van der Waals surface area contributed by atoms with E-state index in [9.17, 15) is 9.90 Å². The van der Waals surface area contributed by atoms with Gasteiger partial charge in [-0.05, 0) is 36.5 Å². The number of hydrogen-bond acceptors (Lipinski definition) is 4. The lowest BCUT2D eigenvalue weighted by Gasteiger charge is -2.34. The van der Waals surface area contributed by atoms with Crippen LogP contribution in [-0.2, 0) is 13.0 Å². The molecule has 2 aromatic rings. The van der Waals surface area contributed by atoms with Crippen molar-refractivity contribution in [2.75, 3.05) is 32.7 Å². The molecule has 2 aromatic carbocycles. The number of nitrogens with zero attached hydrogens (tertiary/aromatic N) is 2. The molecule has 0 spiro atoms. The molecule has 0 bridgehead atoms. The molecule has 0 saturated carbocycles. The molecule has 2 unspecified atom stereocenters. The van der Waals surface area contributed by atoms with Crippen LogP contribution in [0.5, 0.6) is 5.75 Å². The van der Waals surface area contributed by atoms with Crippen LogP contribution in [0.4, 0.5) is 4.79 Å². The summed E-state index contributed by atoms with van der Waals surface area (Å²) in [5.41, 5.74) is 2.47. The van der Waals surface area contributed by atoms with Gasteiger partial charge in [-0.1, -0.05) is 48.5 Å². The van der Waals surface area contributed by atoms with E-state index >= 15 is 0 Å². The standard InChI is InChI=1S/C24H31N3O3/c28-21(17-27-14-6-13-25-24(27)29)16-26(15-19-7-2-1-3-8-19)18-22-12-11-20-9-4-5-10-23(20)30-22/h1-5,7-10,21-22,28H,6,11-18H2,(H,25,29). The van der Waals surface area contributed by atoms with Gasteiger partial charge in [-0.2, -0.15) is 0 Å². The van der Waals surface area contributed by atoms with Gasteiger partial charge in [-0.25, -0.2) is 4.79 Å². The van der Waals surface area contributed by atoms with Crippen LogP contribution in [0.25, 0.3) is 0 Å². The van der Waals surface area contributed by atoms with E-state index in [1.807, 2.05) is 30.3 Å².